The second kappa shape index (κ2) is 8.94. The van der Waals surface area contributed by atoms with E-state index >= 15 is 0 Å². The zero-order valence-corrected chi connectivity index (χ0v) is 15.6. The van der Waals surface area contributed by atoms with E-state index in [1.807, 2.05) is 6.26 Å². The van der Waals surface area contributed by atoms with Crippen molar-refractivity contribution in [2.45, 2.75) is 50.3 Å². The van der Waals surface area contributed by atoms with Crippen molar-refractivity contribution in [2.75, 3.05) is 13.4 Å². The van der Waals surface area contributed by atoms with E-state index in [9.17, 15) is 9.59 Å². The van der Waals surface area contributed by atoms with E-state index in [2.05, 4.69) is 0 Å². The molecule has 1 aromatic rings. The molecule has 0 aliphatic heterocycles. The molecule has 6 nitrogen and oxygen atoms in total. The highest BCUT2D eigenvalue weighted by molar-refractivity contribution is 7.98. The standard InChI is InChI=1S/C17H25NO5S/c1-17(2,3)23-15(19)9-8-14(18)22-13-10-11(24-5)6-7-12(13)16(20)21-4/h6-7,10,14H,8-9,18H2,1-5H3. The molecule has 0 bridgehead atoms. The zero-order chi connectivity index (χ0) is 18.3. The minimum atomic E-state index is -0.738. The fraction of sp³-hybridized carbons (Fsp3) is 0.529. The van der Waals surface area contributed by atoms with Gasteiger partial charge in [0, 0.05) is 11.3 Å². The van der Waals surface area contributed by atoms with Gasteiger partial charge in [-0.15, -0.1) is 11.8 Å². The number of ether oxygens (including phenoxy) is 3. The summed E-state index contributed by atoms with van der Waals surface area (Å²) in [6.45, 7) is 5.41. The smallest absolute Gasteiger partial charge is 0.341 e. The lowest BCUT2D eigenvalue weighted by Crippen LogP contribution is -2.30. The molecule has 1 unspecified atom stereocenters. The van der Waals surface area contributed by atoms with Crippen molar-refractivity contribution >= 4 is 23.7 Å². The maximum atomic E-state index is 11.8. The number of carbonyl (C=O) groups excluding carboxylic acids is 2. The Bertz CT molecular complexity index is 583. The van der Waals surface area contributed by atoms with Gasteiger partial charge < -0.3 is 14.2 Å². The van der Waals surface area contributed by atoms with Gasteiger partial charge >= 0.3 is 11.9 Å². The first-order valence-electron chi connectivity index (χ1n) is 7.56. The molecule has 0 aromatic heterocycles. The molecule has 24 heavy (non-hydrogen) atoms. The molecule has 0 saturated carbocycles. The van der Waals surface area contributed by atoms with Gasteiger partial charge in [0.25, 0.3) is 0 Å². The number of rotatable bonds is 7. The van der Waals surface area contributed by atoms with Crippen LogP contribution < -0.4 is 10.5 Å². The Labute approximate surface area is 147 Å². The number of benzene rings is 1. The fourth-order valence-corrected chi connectivity index (χ4v) is 2.31. The lowest BCUT2D eigenvalue weighted by Gasteiger charge is -2.21. The van der Waals surface area contributed by atoms with E-state index in [1.54, 1.807) is 39.0 Å². The Morgan fingerprint density at radius 2 is 1.96 bits per heavy atom. The van der Waals surface area contributed by atoms with Crippen LogP contribution in [0.25, 0.3) is 0 Å². The summed E-state index contributed by atoms with van der Waals surface area (Å²) >= 11 is 1.52. The number of carbonyl (C=O) groups is 2. The van der Waals surface area contributed by atoms with Crippen LogP contribution in [0.3, 0.4) is 0 Å². The molecule has 0 radical (unpaired) electrons. The molecule has 7 heteroatoms. The summed E-state index contributed by atoms with van der Waals surface area (Å²) in [4.78, 5) is 24.5. The molecule has 2 N–H and O–H groups in total. The largest absolute Gasteiger partial charge is 0.475 e. The molecule has 0 aliphatic carbocycles. The maximum Gasteiger partial charge on any atom is 0.341 e. The minimum Gasteiger partial charge on any atom is -0.475 e. The Balaban J connectivity index is 2.73. The summed E-state index contributed by atoms with van der Waals surface area (Å²) in [6, 6.07) is 5.16. The molecule has 0 saturated heterocycles. The Hall–Kier alpha value is -1.73. The SMILES string of the molecule is COC(=O)c1ccc(SC)cc1OC(N)CCC(=O)OC(C)(C)C. The molecule has 134 valence electrons. The van der Waals surface area contributed by atoms with Gasteiger partial charge in [-0.2, -0.15) is 0 Å². The summed E-state index contributed by atoms with van der Waals surface area (Å²) < 4.78 is 15.6. The highest BCUT2D eigenvalue weighted by Gasteiger charge is 2.19. The normalized spacial score (nSPS) is 12.4. The maximum absolute atomic E-state index is 11.8. The first-order chi connectivity index (χ1) is 11.2. The number of hydrogen-bond acceptors (Lipinski definition) is 7. The van der Waals surface area contributed by atoms with Gasteiger partial charge in [0.05, 0.1) is 13.5 Å². The first kappa shape index (κ1) is 20.3. The van der Waals surface area contributed by atoms with Crippen LogP contribution in [-0.4, -0.2) is 37.1 Å². The van der Waals surface area contributed by atoms with Crippen LogP contribution in [0.5, 0.6) is 5.75 Å². The summed E-state index contributed by atoms with van der Waals surface area (Å²) in [7, 11) is 1.30. The second-order valence-corrected chi connectivity index (χ2v) is 7.01. The van der Waals surface area contributed by atoms with E-state index in [0.29, 0.717) is 11.3 Å². The quantitative estimate of drug-likeness (QED) is 0.457. The van der Waals surface area contributed by atoms with Crippen LogP contribution in [0.4, 0.5) is 0 Å². The lowest BCUT2D eigenvalue weighted by atomic mass is 10.2. The van der Waals surface area contributed by atoms with E-state index < -0.39 is 17.8 Å². The van der Waals surface area contributed by atoms with Gasteiger partial charge in [-0.1, -0.05) is 0 Å². The van der Waals surface area contributed by atoms with Crippen LogP contribution in [0, 0.1) is 0 Å². The molecule has 0 aliphatic rings. The lowest BCUT2D eigenvalue weighted by molar-refractivity contribution is -0.155. The second-order valence-electron chi connectivity index (χ2n) is 6.14. The molecule has 0 fully saturated rings. The molecule has 0 amide bonds. The van der Waals surface area contributed by atoms with Crippen molar-refractivity contribution in [1.82, 2.24) is 0 Å². The van der Waals surface area contributed by atoms with E-state index in [4.69, 9.17) is 19.9 Å². The fourth-order valence-electron chi connectivity index (χ4n) is 1.88. The van der Waals surface area contributed by atoms with Crippen LogP contribution in [0.15, 0.2) is 23.1 Å². The predicted molar refractivity (Wildman–Crippen MR) is 93.2 cm³/mol. The molecule has 1 atom stereocenters. The Morgan fingerprint density at radius 3 is 2.50 bits per heavy atom. The van der Waals surface area contributed by atoms with Crippen molar-refractivity contribution in [3.63, 3.8) is 0 Å². The zero-order valence-electron chi connectivity index (χ0n) is 14.8. The first-order valence-corrected chi connectivity index (χ1v) is 8.79. The molecule has 0 spiro atoms. The van der Waals surface area contributed by atoms with Crippen LogP contribution >= 0.6 is 11.8 Å². The van der Waals surface area contributed by atoms with Gasteiger partial charge in [0.1, 0.15) is 23.1 Å². The molecular formula is C17H25NO5S. The van der Waals surface area contributed by atoms with E-state index in [1.165, 1.54) is 18.9 Å². The minimum absolute atomic E-state index is 0.133. The molecule has 1 aromatic carbocycles. The average Bonchev–Trinajstić information content (AvgIpc) is 2.50. The van der Waals surface area contributed by atoms with Gasteiger partial charge in [-0.05, 0) is 45.2 Å². The number of thioether (sulfide) groups is 1. The highest BCUT2D eigenvalue weighted by Crippen LogP contribution is 2.27. The van der Waals surface area contributed by atoms with Crippen molar-refractivity contribution < 1.29 is 23.8 Å². The van der Waals surface area contributed by atoms with Gasteiger partial charge in [0.15, 0.2) is 0 Å². The summed E-state index contributed by atoms with van der Waals surface area (Å²) in [6.07, 6.45) is 1.59. The molecular weight excluding hydrogens is 330 g/mol. The molecule has 1 rings (SSSR count). The number of hydrogen-bond donors (Lipinski definition) is 1. The Morgan fingerprint density at radius 1 is 1.29 bits per heavy atom. The highest BCUT2D eigenvalue weighted by atomic mass is 32.2. The van der Waals surface area contributed by atoms with Gasteiger partial charge in [-0.25, -0.2) is 4.79 Å². The van der Waals surface area contributed by atoms with Crippen molar-refractivity contribution in [3.05, 3.63) is 23.8 Å². The van der Waals surface area contributed by atoms with Gasteiger partial charge in [-0.3, -0.25) is 10.5 Å². The summed E-state index contributed by atoms with van der Waals surface area (Å²) in [5.74, 6) is -0.505. The number of methoxy groups -OCH3 is 1. The van der Waals surface area contributed by atoms with Crippen molar-refractivity contribution in [2.24, 2.45) is 5.73 Å². The Kier molecular flexibility index (Phi) is 7.57. The number of esters is 2. The van der Waals surface area contributed by atoms with E-state index in [0.717, 1.165) is 4.90 Å². The average molecular weight is 355 g/mol. The van der Waals surface area contributed by atoms with Crippen LogP contribution in [0.2, 0.25) is 0 Å². The predicted octanol–water partition coefficient (Wildman–Crippen LogP) is 2.98. The third-order valence-electron chi connectivity index (χ3n) is 2.93. The topological polar surface area (TPSA) is 87.9 Å². The van der Waals surface area contributed by atoms with E-state index in [-0.39, 0.29) is 18.8 Å². The van der Waals surface area contributed by atoms with Crippen LogP contribution in [-0.2, 0) is 14.3 Å². The van der Waals surface area contributed by atoms with Crippen LogP contribution in [0.1, 0.15) is 44.0 Å². The van der Waals surface area contributed by atoms with Gasteiger partial charge in [0.2, 0.25) is 0 Å². The summed E-state index contributed by atoms with van der Waals surface area (Å²) in [5, 5.41) is 0. The van der Waals surface area contributed by atoms with Crippen molar-refractivity contribution in [3.8, 4) is 5.75 Å². The monoisotopic (exact) mass is 355 g/mol. The number of nitrogens with two attached hydrogens (primary N) is 1. The third-order valence-corrected chi connectivity index (χ3v) is 3.65. The summed E-state index contributed by atoms with van der Waals surface area (Å²) in [5.41, 5.74) is 5.69. The molecule has 0 heterocycles. The third kappa shape index (κ3) is 6.80. The van der Waals surface area contributed by atoms with Crippen molar-refractivity contribution in [1.29, 1.82) is 0 Å².